The fourth-order valence-corrected chi connectivity index (χ4v) is 3.28. The van der Waals surface area contributed by atoms with Gasteiger partial charge in [-0.1, -0.05) is 5.10 Å². The predicted octanol–water partition coefficient (Wildman–Crippen LogP) is 1.41. The highest BCUT2D eigenvalue weighted by molar-refractivity contribution is 6.07. The van der Waals surface area contributed by atoms with E-state index in [1.54, 1.807) is 0 Å². The molecule has 3 N–H and O–H groups in total. The van der Waals surface area contributed by atoms with Gasteiger partial charge in [-0.3, -0.25) is 14.5 Å². The smallest absolute Gasteiger partial charge is 0.344 e. The van der Waals surface area contributed by atoms with Crippen LogP contribution in [-0.4, -0.2) is 55.0 Å². The lowest BCUT2D eigenvalue weighted by molar-refractivity contribution is -0.137. The highest BCUT2D eigenvalue weighted by Crippen LogP contribution is 2.32. The number of halogens is 3. The molecule has 0 bridgehead atoms. The number of carbonyl (C=O) groups is 2. The molecule has 3 aromatic rings. The van der Waals surface area contributed by atoms with E-state index in [1.807, 2.05) is 0 Å². The fourth-order valence-electron chi connectivity index (χ4n) is 3.28. The molecule has 1 atom stereocenters. The zero-order valence-corrected chi connectivity index (χ0v) is 14.8. The number of hydrogen-bond donors (Lipinski definition) is 3. The van der Waals surface area contributed by atoms with Crippen LogP contribution in [0.5, 0.6) is 0 Å². The van der Waals surface area contributed by atoms with Gasteiger partial charge in [-0.25, -0.2) is 10.1 Å². The van der Waals surface area contributed by atoms with Gasteiger partial charge in [0.2, 0.25) is 5.95 Å². The lowest BCUT2D eigenvalue weighted by atomic mass is 10.1. The van der Waals surface area contributed by atoms with E-state index in [4.69, 9.17) is 0 Å². The third-order valence-corrected chi connectivity index (χ3v) is 4.69. The number of hydrogen-bond acceptors (Lipinski definition) is 6. The van der Waals surface area contributed by atoms with Gasteiger partial charge in [-0.15, -0.1) is 0 Å². The average molecular weight is 408 g/mol. The first-order valence-electron chi connectivity index (χ1n) is 8.75. The topological polar surface area (TPSA) is 133 Å². The van der Waals surface area contributed by atoms with E-state index >= 15 is 0 Å². The van der Waals surface area contributed by atoms with Crippen molar-refractivity contribution in [2.75, 3.05) is 11.4 Å². The second-order valence-corrected chi connectivity index (χ2v) is 6.55. The molecule has 0 spiro atoms. The Kier molecular flexibility index (Phi) is 4.64. The molecule has 13 heteroatoms. The number of alkyl halides is 3. The molecule has 152 valence electrons. The van der Waals surface area contributed by atoms with Crippen molar-refractivity contribution in [1.82, 2.24) is 35.9 Å². The Bertz CT molecular complexity index is 1050. The van der Waals surface area contributed by atoms with Crippen LogP contribution in [0.15, 0.2) is 18.5 Å². The normalized spacial score (nSPS) is 18.1. The van der Waals surface area contributed by atoms with Crippen LogP contribution >= 0.6 is 0 Å². The average Bonchev–Trinajstić information content (AvgIpc) is 3.33. The number of nitrogens with one attached hydrogen (secondary N) is 3. The zero-order valence-electron chi connectivity index (χ0n) is 14.8. The zero-order chi connectivity index (χ0) is 20.6. The third kappa shape index (κ3) is 3.62. The second-order valence-electron chi connectivity index (χ2n) is 6.55. The summed E-state index contributed by atoms with van der Waals surface area (Å²) in [6.45, 7) is 0.358. The summed E-state index contributed by atoms with van der Waals surface area (Å²) in [5, 5.41) is 15.6. The van der Waals surface area contributed by atoms with Crippen molar-refractivity contribution in [2.24, 2.45) is 0 Å². The van der Waals surface area contributed by atoms with E-state index in [2.05, 4.69) is 35.9 Å². The second kappa shape index (κ2) is 7.14. The standard InChI is InChI=1S/C16H15F3N8O2/c17-16(18,19)8-5-9(12-11(6-8)20-7-21-12)13(28)22-10-3-1-2-4-27(14(10)29)15-23-25-26-24-15/h5-7,10H,1-4H2,(H,20,21)(H,22,28)(H,23,24,25,26)/t10-/m0/s1. The molecule has 4 rings (SSSR count). The number of amides is 2. The van der Waals surface area contributed by atoms with Crippen LogP contribution in [0.3, 0.4) is 0 Å². The fraction of sp³-hybridized carbons (Fsp3) is 0.375. The van der Waals surface area contributed by atoms with Gasteiger partial charge in [0.05, 0.1) is 28.5 Å². The number of carbonyl (C=O) groups excluding carboxylic acids is 2. The number of nitrogens with zero attached hydrogens (tertiary/aromatic N) is 5. The summed E-state index contributed by atoms with van der Waals surface area (Å²) < 4.78 is 39.6. The Labute approximate surface area is 160 Å². The Morgan fingerprint density at radius 3 is 2.83 bits per heavy atom. The molecule has 0 unspecified atom stereocenters. The molecule has 3 heterocycles. The first kappa shape index (κ1) is 18.8. The van der Waals surface area contributed by atoms with E-state index < -0.39 is 29.6 Å². The van der Waals surface area contributed by atoms with Gasteiger partial charge in [0.25, 0.3) is 11.8 Å². The first-order valence-corrected chi connectivity index (χ1v) is 8.75. The van der Waals surface area contributed by atoms with Gasteiger partial charge in [0.1, 0.15) is 6.04 Å². The number of aromatic amines is 2. The number of anilines is 1. The SMILES string of the molecule is O=C(N[C@H]1CCCCN(c2nnn[nH]2)C1=O)c1cc(C(F)(F)F)cc2nc[nH]c12. The molecule has 0 radical (unpaired) electrons. The summed E-state index contributed by atoms with van der Waals surface area (Å²) in [5.74, 6) is -1.10. The Morgan fingerprint density at radius 2 is 2.10 bits per heavy atom. The predicted molar refractivity (Wildman–Crippen MR) is 92.7 cm³/mol. The van der Waals surface area contributed by atoms with Crippen molar-refractivity contribution in [2.45, 2.75) is 31.5 Å². The van der Waals surface area contributed by atoms with Crippen LogP contribution in [0, 0.1) is 0 Å². The van der Waals surface area contributed by atoms with Crippen molar-refractivity contribution in [3.05, 3.63) is 29.6 Å². The van der Waals surface area contributed by atoms with E-state index in [9.17, 15) is 22.8 Å². The van der Waals surface area contributed by atoms with Crippen molar-refractivity contribution in [3.63, 3.8) is 0 Å². The lowest BCUT2D eigenvalue weighted by Crippen LogP contribution is -2.48. The molecule has 0 aliphatic carbocycles. The van der Waals surface area contributed by atoms with Crippen LogP contribution in [0.25, 0.3) is 11.0 Å². The summed E-state index contributed by atoms with van der Waals surface area (Å²) in [7, 11) is 0. The molecule has 1 aliphatic rings. The van der Waals surface area contributed by atoms with Crippen LogP contribution in [0.1, 0.15) is 35.2 Å². The Balaban J connectivity index is 1.63. The maximum Gasteiger partial charge on any atom is 0.416 e. The number of tetrazole rings is 1. The number of rotatable bonds is 3. The molecular formula is C16H15F3N8O2. The Morgan fingerprint density at radius 1 is 1.28 bits per heavy atom. The van der Waals surface area contributed by atoms with Gasteiger partial charge in [-0.05, 0) is 41.8 Å². The van der Waals surface area contributed by atoms with E-state index in [0.717, 1.165) is 12.1 Å². The molecule has 2 amide bonds. The van der Waals surface area contributed by atoms with Crippen LogP contribution < -0.4 is 10.2 Å². The summed E-state index contributed by atoms with van der Waals surface area (Å²) in [6.07, 6.45) is -1.80. The summed E-state index contributed by atoms with van der Waals surface area (Å²) in [5.41, 5.74) is -1.07. The largest absolute Gasteiger partial charge is 0.416 e. The first-order chi connectivity index (χ1) is 13.8. The molecule has 1 aromatic carbocycles. The molecule has 10 nitrogen and oxygen atoms in total. The van der Waals surface area contributed by atoms with Gasteiger partial charge in [0, 0.05) is 6.54 Å². The number of aromatic nitrogens is 6. The van der Waals surface area contributed by atoms with Crippen molar-refractivity contribution in [1.29, 1.82) is 0 Å². The van der Waals surface area contributed by atoms with E-state index in [1.165, 1.54) is 11.2 Å². The Hall–Kier alpha value is -3.51. The van der Waals surface area contributed by atoms with E-state index in [-0.39, 0.29) is 22.5 Å². The molecule has 0 saturated carbocycles. The molecule has 1 aliphatic heterocycles. The molecule has 1 saturated heterocycles. The van der Waals surface area contributed by atoms with Gasteiger partial charge >= 0.3 is 6.18 Å². The minimum absolute atomic E-state index is 0.00605. The quantitative estimate of drug-likeness (QED) is 0.600. The minimum Gasteiger partial charge on any atom is -0.344 e. The molecule has 29 heavy (non-hydrogen) atoms. The third-order valence-electron chi connectivity index (χ3n) is 4.69. The summed E-state index contributed by atoms with van der Waals surface area (Å²) in [6, 6.07) is 0.676. The highest BCUT2D eigenvalue weighted by atomic mass is 19.4. The van der Waals surface area contributed by atoms with Crippen molar-refractivity contribution >= 4 is 28.8 Å². The number of imidazole rings is 1. The molecular weight excluding hydrogens is 393 g/mol. The number of fused-ring (bicyclic) bond motifs is 1. The summed E-state index contributed by atoms with van der Waals surface area (Å²) >= 11 is 0. The lowest BCUT2D eigenvalue weighted by Gasteiger charge is -2.22. The summed E-state index contributed by atoms with van der Waals surface area (Å²) in [4.78, 5) is 33.5. The van der Waals surface area contributed by atoms with Crippen LogP contribution in [0.2, 0.25) is 0 Å². The number of H-pyrrole nitrogens is 2. The van der Waals surface area contributed by atoms with Gasteiger partial charge < -0.3 is 10.3 Å². The maximum absolute atomic E-state index is 13.2. The minimum atomic E-state index is -4.64. The molecule has 2 aromatic heterocycles. The van der Waals surface area contributed by atoms with Crippen LogP contribution in [0.4, 0.5) is 19.1 Å². The highest BCUT2D eigenvalue weighted by Gasteiger charge is 2.34. The van der Waals surface area contributed by atoms with Gasteiger partial charge in [-0.2, -0.15) is 13.2 Å². The van der Waals surface area contributed by atoms with Crippen molar-refractivity contribution < 1.29 is 22.8 Å². The van der Waals surface area contributed by atoms with Gasteiger partial charge in [0.15, 0.2) is 0 Å². The molecule has 1 fully saturated rings. The van der Waals surface area contributed by atoms with Crippen molar-refractivity contribution in [3.8, 4) is 0 Å². The van der Waals surface area contributed by atoms with E-state index in [0.29, 0.717) is 25.8 Å². The van der Waals surface area contributed by atoms with Crippen LogP contribution in [-0.2, 0) is 11.0 Å². The monoisotopic (exact) mass is 408 g/mol. The maximum atomic E-state index is 13.2. The number of benzene rings is 1.